The van der Waals surface area contributed by atoms with E-state index in [2.05, 4.69) is 19.2 Å². The van der Waals surface area contributed by atoms with Crippen LogP contribution in [-0.2, 0) is 9.53 Å². The first kappa shape index (κ1) is 10.5. The minimum atomic E-state index is -0.109. The molecule has 0 aromatic rings. The summed E-state index contributed by atoms with van der Waals surface area (Å²) in [6.07, 6.45) is 3.35. The van der Waals surface area contributed by atoms with E-state index in [9.17, 15) is 4.79 Å². The van der Waals surface area contributed by atoms with Gasteiger partial charge in [0.15, 0.2) is 0 Å². The molecule has 0 aromatic carbocycles. The third kappa shape index (κ3) is 2.99. The number of esters is 1. The summed E-state index contributed by atoms with van der Waals surface area (Å²) in [7, 11) is 1.45. The third-order valence-electron chi connectivity index (χ3n) is 2.62. The number of hydrogen-bond acceptors (Lipinski definition) is 3. The van der Waals surface area contributed by atoms with Crippen LogP contribution >= 0.6 is 0 Å². The molecule has 0 amide bonds. The van der Waals surface area contributed by atoms with Gasteiger partial charge in [-0.1, -0.05) is 6.92 Å². The Morgan fingerprint density at radius 1 is 1.62 bits per heavy atom. The topological polar surface area (TPSA) is 38.3 Å². The molecule has 1 saturated carbocycles. The van der Waals surface area contributed by atoms with Crippen molar-refractivity contribution in [1.29, 1.82) is 0 Å². The van der Waals surface area contributed by atoms with Crippen LogP contribution in [-0.4, -0.2) is 25.2 Å². The van der Waals surface area contributed by atoms with E-state index >= 15 is 0 Å². The molecular formula is C10H19NO2. The van der Waals surface area contributed by atoms with Crippen molar-refractivity contribution < 1.29 is 9.53 Å². The molecule has 1 aliphatic carbocycles. The fourth-order valence-electron chi connectivity index (χ4n) is 1.38. The van der Waals surface area contributed by atoms with E-state index in [-0.39, 0.29) is 12.0 Å². The van der Waals surface area contributed by atoms with Crippen LogP contribution in [0.1, 0.15) is 33.1 Å². The van der Waals surface area contributed by atoms with Crippen molar-refractivity contribution in [2.75, 3.05) is 7.11 Å². The molecule has 1 rings (SSSR count). The molecule has 0 bridgehead atoms. The van der Waals surface area contributed by atoms with Gasteiger partial charge in [0.2, 0.25) is 0 Å². The predicted molar refractivity (Wildman–Crippen MR) is 51.4 cm³/mol. The van der Waals surface area contributed by atoms with Crippen LogP contribution < -0.4 is 5.32 Å². The molecule has 0 aromatic heterocycles. The normalized spacial score (nSPS) is 20.8. The molecule has 2 unspecified atom stereocenters. The van der Waals surface area contributed by atoms with Gasteiger partial charge in [-0.25, -0.2) is 0 Å². The highest BCUT2D eigenvalue weighted by Crippen LogP contribution is 2.33. The number of ether oxygens (including phenoxy) is 1. The Kier molecular flexibility index (Phi) is 3.72. The lowest BCUT2D eigenvalue weighted by Crippen LogP contribution is -2.44. The monoisotopic (exact) mass is 185 g/mol. The SMILES string of the molecule is CCC(C)NC(C(=O)OC)C1CC1. The van der Waals surface area contributed by atoms with Gasteiger partial charge in [0.1, 0.15) is 6.04 Å². The van der Waals surface area contributed by atoms with E-state index in [0.29, 0.717) is 12.0 Å². The van der Waals surface area contributed by atoms with Gasteiger partial charge >= 0.3 is 5.97 Å². The number of methoxy groups -OCH3 is 1. The minimum absolute atomic E-state index is 0.0695. The highest BCUT2D eigenvalue weighted by molar-refractivity contribution is 5.76. The molecule has 0 spiro atoms. The van der Waals surface area contributed by atoms with Crippen LogP contribution in [0.15, 0.2) is 0 Å². The standard InChI is InChI=1S/C10H19NO2/c1-4-7(2)11-9(8-5-6-8)10(12)13-3/h7-9,11H,4-6H2,1-3H3. The van der Waals surface area contributed by atoms with Crippen LogP contribution in [0.5, 0.6) is 0 Å². The molecule has 76 valence electrons. The zero-order valence-corrected chi connectivity index (χ0v) is 8.67. The summed E-state index contributed by atoms with van der Waals surface area (Å²) >= 11 is 0. The Morgan fingerprint density at radius 2 is 2.23 bits per heavy atom. The Hall–Kier alpha value is -0.570. The second-order valence-corrected chi connectivity index (χ2v) is 3.81. The zero-order valence-electron chi connectivity index (χ0n) is 8.67. The number of carbonyl (C=O) groups excluding carboxylic acids is 1. The minimum Gasteiger partial charge on any atom is -0.468 e. The highest BCUT2D eigenvalue weighted by atomic mass is 16.5. The van der Waals surface area contributed by atoms with Crippen molar-refractivity contribution in [3.05, 3.63) is 0 Å². The molecule has 0 aliphatic heterocycles. The van der Waals surface area contributed by atoms with Crippen LogP contribution in [0.3, 0.4) is 0 Å². The van der Waals surface area contributed by atoms with Crippen LogP contribution in [0.25, 0.3) is 0 Å². The fraction of sp³-hybridized carbons (Fsp3) is 0.900. The Bertz CT molecular complexity index is 178. The van der Waals surface area contributed by atoms with E-state index in [1.54, 1.807) is 0 Å². The van der Waals surface area contributed by atoms with Gasteiger partial charge in [-0.15, -0.1) is 0 Å². The predicted octanol–water partition coefficient (Wildman–Crippen LogP) is 1.33. The lowest BCUT2D eigenvalue weighted by atomic mass is 10.1. The maximum Gasteiger partial charge on any atom is 0.323 e. The highest BCUT2D eigenvalue weighted by Gasteiger charge is 2.37. The van der Waals surface area contributed by atoms with Gasteiger partial charge < -0.3 is 10.1 Å². The lowest BCUT2D eigenvalue weighted by Gasteiger charge is -2.19. The Labute approximate surface area is 79.8 Å². The van der Waals surface area contributed by atoms with Gasteiger partial charge in [0.25, 0.3) is 0 Å². The molecule has 3 nitrogen and oxygen atoms in total. The second-order valence-electron chi connectivity index (χ2n) is 3.81. The second kappa shape index (κ2) is 4.61. The average Bonchev–Trinajstić information content (AvgIpc) is 2.95. The van der Waals surface area contributed by atoms with Crippen molar-refractivity contribution in [1.82, 2.24) is 5.32 Å². The average molecular weight is 185 g/mol. The molecular weight excluding hydrogens is 166 g/mol. The summed E-state index contributed by atoms with van der Waals surface area (Å²) in [6.45, 7) is 4.21. The maximum atomic E-state index is 11.4. The summed E-state index contributed by atoms with van der Waals surface area (Å²) in [5, 5.41) is 3.30. The number of hydrogen-bond donors (Lipinski definition) is 1. The van der Waals surface area contributed by atoms with Crippen molar-refractivity contribution in [3.63, 3.8) is 0 Å². The van der Waals surface area contributed by atoms with Gasteiger partial charge in [-0.05, 0) is 32.1 Å². The summed E-state index contributed by atoms with van der Waals surface area (Å²) in [5.41, 5.74) is 0. The molecule has 13 heavy (non-hydrogen) atoms. The van der Waals surface area contributed by atoms with Gasteiger partial charge in [-0.2, -0.15) is 0 Å². The largest absolute Gasteiger partial charge is 0.468 e. The Balaban J connectivity index is 2.42. The van der Waals surface area contributed by atoms with E-state index in [4.69, 9.17) is 4.74 Å². The number of rotatable bonds is 5. The van der Waals surface area contributed by atoms with Crippen LogP contribution in [0.4, 0.5) is 0 Å². The first-order valence-corrected chi connectivity index (χ1v) is 5.03. The summed E-state index contributed by atoms with van der Waals surface area (Å²) < 4.78 is 4.76. The van der Waals surface area contributed by atoms with E-state index < -0.39 is 0 Å². The summed E-state index contributed by atoms with van der Waals surface area (Å²) in [6, 6.07) is 0.324. The number of nitrogens with one attached hydrogen (secondary N) is 1. The van der Waals surface area contributed by atoms with Crippen molar-refractivity contribution in [2.45, 2.75) is 45.2 Å². The van der Waals surface area contributed by atoms with Crippen molar-refractivity contribution >= 4 is 5.97 Å². The van der Waals surface area contributed by atoms with Gasteiger partial charge in [-0.3, -0.25) is 4.79 Å². The lowest BCUT2D eigenvalue weighted by molar-refractivity contribution is -0.143. The van der Waals surface area contributed by atoms with Gasteiger partial charge in [0, 0.05) is 6.04 Å². The first-order chi connectivity index (χ1) is 6.19. The zero-order chi connectivity index (χ0) is 9.84. The first-order valence-electron chi connectivity index (χ1n) is 5.03. The Morgan fingerprint density at radius 3 is 2.62 bits per heavy atom. The summed E-state index contributed by atoms with van der Waals surface area (Å²) in [4.78, 5) is 11.4. The third-order valence-corrected chi connectivity index (χ3v) is 2.62. The molecule has 1 aliphatic rings. The van der Waals surface area contributed by atoms with E-state index in [1.165, 1.54) is 7.11 Å². The number of carbonyl (C=O) groups is 1. The molecule has 1 fully saturated rings. The summed E-state index contributed by atoms with van der Waals surface area (Å²) in [5.74, 6) is 0.407. The molecule has 0 saturated heterocycles. The molecule has 1 N–H and O–H groups in total. The quantitative estimate of drug-likeness (QED) is 0.657. The molecule has 0 radical (unpaired) electrons. The molecule has 3 heteroatoms. The van der Waals surface area contributed by atoms with Crippen molar-refractivity contribution in [3.8, 4) is 0 Å². The van der Waals surface area contributed by atoms with Crippen LogP contribution in [0, 0.1) is 5.92 Å². The van der Waals surface area contributed by atoms with E-state index in [1.807, 2.05) is 0 Å². The maximum absolute atomic E-state index is 11.4. The fourth-order valence-corrected chi connectivity index (χ4v) is 1.38. The molecule has 2 atom stereocenters. The van der Waals surface area contributed by atoms with E-state index in [0.717, 1.165) is 19.3 Å². The van der Waals surface area contributed by atoms with Crippen LogP contribution in [0.2, 0.25) is 0 Å². The van der Waals surface area contributed by atoms with Crippen molar-refractivity contribution in [2.24, 2.45) is 5.92 Å². The smallest absolute Gasteiger partial charge is 0.323 e. The molecule has 0 heterocycles. The van der Waals surface area contributed by atoms with Gasteiger partial charge in [0.05, 0.1) is 7.11 Å².